The van der Waals surface area contributed by atoms with E-state index in [1.165, 1.54) is 0 Å². The molecule has 0 aliphatic carbocycles. The van der Waals surface area contributed by atoms with Gasteiger partial charge in [-0.3, -0.25) is 4.79 Å². The van der Waals surface area contributed by atoms with Crippen molar-refractivity contribution in [3.63, 3.8) is 0 Å². The number of phenols is 1. The van der Waals surface area contributed by atoms with E-state index in [2.05, 4.69) is 0 Å². The van der Waals surface area contributed by atoms with E-state index in [0.29, 0.717) is 25.1 Å². The Morgan fingerprint density at radius 3 is 2.84 bits per heavy atom. The van der Waals surface area contributed by atoms with E-state index < -0.39 is 0 Å². The number of carbonyl (C=O) groups excluding carboxylic acids is 1. The van der Waals surface area contributed by atoms with Crippen LogP contribution < -0.4 is 0 Å². The van der Waals surface area contributed by atoms with Gasteiger partial charge in [-0.2, -0.15) is 0 Å². The van der Waals surface area contributed by atoms with Crippen LogP contribution in [0.5, 0.6) is 5.75 Å². The first-order valence-corrected chi connectivity index (χ1v) is 6.80. The summed E-state index contributed by atoms with van der Waals surface area (Å²) in [6.07, 6.45) is 1.14. The van der Waals surface area contributed by atoms with Gasteiger partial charge in [0.1, 0.15) is 5.75 Å². The summed E-state index contributed by atoms with van der Waals surface area (Å²) in [5.41, 5.74) is 1.27. The number of aliphatic hydroxyl groups is 1. The summed E-state index contributed by atoms with van der Waals surface area (Å²) in [4.78, 5) is 14.1. The zero-order chi connectivity index (χ0) is 14.0. The molecular weight excluding hydrogens is 242 g/mol. The van der Waals surface area contributed by atoms with E-state index in [1.54, 1.807) is 17.0 Å². The third kappa shape index (κ3) is 2.89. The van der Waals surface area contributed by atoms with Crippen LogP contribution in [0.4, 0.5) is 0 Å². The molecule has 2 atom stereocenters. The van der Waals surface area contributed by atoms with Crippen LogP contribution in [0, 0.1) is 12.8 Å². The van der Waals surface area contributed by atoms with Gasteiger partial charge in [0.05, 0.1) is 11.7 Å². The number of nitrogens with zero attached hydrogens (tertiary/aromatic N) is 1. The van der Waals surface area contributed by atoms with Crippen LogP contribution >= 0.6 is 0 Å². The van der Waals surface area contributed by atoms with Crippen LogP contribution in [-0.4, -0.2) is 40.2 Å². The van der Waals surface area contributed by atoms with Crippen molar-refractivity contribution >= 4 is 5.91 Å². The lowest BCUT2D eigenvalue weighted by atomic mass is 9.92. The Kier molecular flexibility index (Phi) is 4.10. The lowest BCUT2D eigenvalue weighted by Gasteiger charge is -2.35. The first-order valence-electron chi connectivity index (χ1n) is 6.80. The molecule has 1 amide bonds. The maximum atomic E-state index is 12.4. The molecule has 2 rings (SSSR count). The lowest BCUT2D eigenvalue weighted by molar-refractivity contribution is 0.0227. The second-order valence-electron chi connectivity index (χ2n) is 5.30. The standard InChI is InChI=1S/C15H21NO3/c1-3-11-9-16(7-6-13(11)17)15(19)12-5-4-10(2)8-14(12)18/h4-5,8,11,13,17-18H,3,6-7,9H2,1-2H3. The molecule has 2 unspecified atom stereocenters. The van der Waals surface area contributed by atoms with Gasteiger partial charge in [0.25, 0.3) is 5.91 Å². The van der Waals surface area contributed by atoms with Gasteiger partial charge in [-0.15, -0.1) is 0 Å². The van der Waals surface area contributed by atoms with Crippen molar-refractivity contribution in [2.75, 3.05) is 13.1 Å². The molecule has 0 aromatic heterocycles. The molecule has 1 aromatic carbocycles. The van der Waals surface area contributed by atoms with Gasteiger partial charge < -0.3 is 15.1 Å². The summed E-state index contributed by atoms with van der Waals surface area (Å²) < 4.78 is 0. The molecule has 0 bridgehead atoms. The number of aromatic hydroxyl groups is 1. The first kappa shape index (κ1) is 13.9. The van der Waals surface area contributed by atoms with Gasteiger partial charge in [0, 0.05) is 19.0 Å². The Hall–Kier alpha value is -1.55. The molecule has 1 fully saturated rings. The zero-order valence-corrected chi connectivity index (χ0v) is 11.5. The number of piperidine rings is 1. The van der Waals surface area contributed by atoms with Gasteiger partial charge in [0.2, 0.25) is 0 Å². The highest BCUT2D eigenvalue weighted by atomic mass is 16.3. The van der Waals surface area contributed by atoms with E-state index in [9.17, 15) is 15.0 Å². The topological polar surface area (TPSA) is 60.8 Å². The highest BCUT2D eigenvalue weighted by Gasteiger charge is 2.30. The van der Waals surface area contributed by atoms with Crippen LogP contribution in [-0.2, 0) is 0 Å². The summed E-state index contributed by atoms with van der Waals surface area (Å²) in [6.45, 7) is 5.00. The zero-order valence-electron chi connectivity index (χ0n) is 11.5. The van der Waals surface area contributed by atoms with Crippen molar-refractivity contribution in [2.24, 2.45) is 5.92 Å². The van der Waals surface area contributed by atoms with E-state index in [-0.39, 0.29) is 23.7 Å². The Bertz CT molecular complexity index is 472. The van der Waals surface area contributed by atoms with Gasteiger partial charge in [-0.25, -0.2) is 0 Å². The number of hydrogen-bond donors (Lipinski definition) is 2. The average molecular weight is 263 g/mol. The molecule has 2 N–H and O–H groups in total. The van der Waals surface area contributed by atoms with Gasteiger partial charge in [0.15, 0.2) is 0 Å². The number of likely N-dealkylation sites (tertiary alicyclic amines) is 1. The summed E-state index contributed by atoms with van der Waals surface area (Å²) in [5.74, 6) is 0.0114. The third-order valence-corrected chi connectivity index (χ3v) is 3.89. The van der Waals surface area contributed by atoms with Crippen molar-refractivity contribution in [3.05, 3.63) is 29.3 Å². The smallest absolute Gasteiger partial charge is 0.257 e. The maximum absolute atomic E-state index is 12.4. The highest BCUT2D eigenvalue weighted by Crippen LogP contribution is 2.25. The van der Waals surface area contributed by atoms with Crippen LogP contribution in [0.1, 0.15) is 35.7 Å². The Balaban J connectivity index is 2.15. The van der Waals surface area contributed by atoms with Crippen molar-refractivity contribution in [3.8, 4) is 5.75 Å². The van der Waals surface area contributed by atoms with Gasteiger partial charge in [-0.05, 0) is 37.5 Å². The van der Waals surface area contributed by atoms with Crippen molar-refractivity contribution in [2.45, 2.75) is 32.8 Å². The molecule has 104 valence electrons. The average Bonchev–Trinajstić information content (AvgIpc) is 2.38. The highest BCUT2D eigenvalue weighted by molar-refractivity contribution is 5.97. The first-order chi connectivity index (χ1) is 9.02. The molecule has 1 aliphatic rings. The Labute approximate surface area is 113 Å². The molecule has 4 heteroatoms. The third-order valence-electron chi connectivity index (χ3n) is 3.89. The molecule has 1 aromatic rings. The summed E-state index contributed by atoms with van der Waals surface area (Å²) >= 11 is 0. The fourth-order valence-electron chi connectivity index (χ4n) is 2.60. The maximum Gasteiger partial charge on any atom is 0.257 e. The SMILES string of the molecule is CCC1CN(C(=O)c2ccc(C)cc2O)CCC1O. The van der Waals surface area contributed by atoms with Crippen LogP contribution in [0.15, 0.2) is 18.2 Å². The molecule has 4 nitrogen and oxygen atoms in total. The van der Waals surface area contributed by atoms with Gasteiger partial charge >= 0.3 is 0 Å². The van der Waals surface area contributed by atoms with E-state index in [0.717, 1.165) is 12.0 Å². The number of hydrogen-bond acceptors (Lipinski definition) is 3. The quantitative estimate of drug-likeness (QED) is 0.857. The molecular formula is C15H21NO3. The number of carbonyl (C=O) groups is 1. The van der Waals surface area contributed by atoms with E-state index >= 15 is 0 Å². The van der Waals surface area contributed by atoms with Crippen LogP contribution in [0.3, 0.4) is 0 Å². The number of aliphatic hydroxyl groups excluding tert-OH is 1. The minimum atomic E-state index is -0.319. The molecule has 0 radical (unpaired) electrons. The largest absolute Gasteiger partial charge is 0.507 e. The van der Waals surface area contributed by atoms with E-state index in [1.807, 2.05) is 19.9 Å². The number of phenolic OH excluding ortho intramolecular Hbond substituents is 1. The van der Waals surface area contributed by atoms with Crippen molar-refractivity contribution in [1.29, 1.82) is 0 Å². The molecule has 0 saturated carbocycles. The molecule has 0 spiro atoms. The number of rotatable bonds is 2. The summed E-state index contributed by atoms with van der Waals surface area (Å²) in [7, 11) is 0. The van der Waals surface area contributed by atoms with Crippen molar-refractivity contribution < 1.29 is 15.0 Å². The minimum Gasteiger partial charge on any atom is -0.507 e. The molecule has 1 saturated heterocycles. The fraction of sp³-hybridized carbons (Fsp3) is 0.533. The van der Waals surface area contributed by atoms with Crippen LogP contribution in [0.2, 0.25) is 0 Å². The molecule has 1 aliphatic heterocycles. The second-order valence-corrected chi connectivity index (χ2v) is 5.30. The number of benzene rings is 1. The minimum absolute atomic E-state index is 0.0316. The monoisotopic (exact) mass is 263 g/mol. The van der Waals surface area contributed by atoms with Crippen LogP contribution in [0.25, 0.3) is 0 Å². The summed E-state index contributed by atoms with van der Waals surface area (Å²) in [5, 5.41) is 19.7. The van der Waals surface area contributed by atoms with Crippen molar-refractivity contribution in [1.82, 2.24) is 4.90 Å². The molecule has 19 heavy (non-hydrogen) atoms. The van der Waals surface area contributed by atoms with Gasteiger partial charge in [-0.1, -0.05) is 13.0 Å². The molecule has 1 heterocycles. The lowest BCUT2D eigenvalue weighted by Crippen LogP contribution is -2.45. The number of aryl methyl sites for hydroxylation is 1. The normalized spacial score (nSPS) is 23.4. The predicted octanol–water partition coefficient (Wildman–Crippen LogP) is 1.93. The Morgan fingerprint density at radius 2 is 2.21 bits per heavy atom. The fourth-order valence-corrected chi connectivity index (χ4v) is 2.60. The number of amides is 1. The summed E-state index contributed by atoms with van der Waals surface area (Å²) in [6, 6.07) is 5.09. The second kappa shape index (κ2) is 5.61. The van der Waals surface area contributed by atoms with E-state index in [4.69, 9.17) is 0 Å². The Morgan fingerprint density at radius 1 is 1.47 bits per heavy atom. The predicted molar refractivity (Wildman–Crippen MR) is 73.2 cm³/mol.